The van der Waals surface area contributed by atoms with Crippen LogP contribution in [0.5, 0.6) is 0 Å². The Morgan fingerprint density at radius 1 is 1.18 bits per heavy atom. The molecule has 1 amide bonds. The molecule has 7 nitrogen and oxygen atoms in total. The minimum absolute atomic E-state index is 0.00653. The first kappa shape index (κ1) is 19.5. The lowest BCUT2D eigenvalue weighted by atomic mass is 10.1. The van der Waals surface area contributed by atoms with Gasteiger partial charge in [-0.1, -0.05) is 37.3 Å². The Kier molecular flexibility index (Phi) is 5.73. The van der Waals surface area contributed by atoms with E-state index >= 15 is 0 Å². The van der Waals surface area contributed by atoms with Crippen LogP contribution in [0.4, 0.5) is 0 Å². The molecule has 28 heavy (non-hydrogen) atoms. The van der Waals surface area contributed by atoms with Crippen LogP contribution in [-0.2, 0) is 4.79 Å². The second-order valence-corrected chi connectivity index (χ2v) is 7.25. The van der Waals surface area contributed by atoms with Crippen molar-refractivity contribution in [2.75, 3.05) is 6.54 Å². The average Bonchev–Trinajstić information content (AvgIpc) is 3.09. The van der Waals surface area contributed by atoms with Gasteiger partial charge in [0, 0.05) is 24.6 Å². The lowest BCUT2D eigenvalue weighted by Gasteiger charge is -2.13. The van der Waals surface area contributed by atoms with E-state index in [1.54, 1.807) is 23.9 Å². The fraction of sp³-hybridized carbons (Fsp3) is 0.333. The summed E-state index contributed by atoms with van der Waals surface area (Å²) in [5.74, 6) is -1.30. The van der Waals surface area contributed by atoms with Crippen molar-refractivity contribution >= 4 is 22.9 Å². The number of fused-ring (bicyclic) bond motifs is 1. The van der Waals surface area contributed by atoms with Crippen LogP contribution in [0.2, 0.25) is 0 Å². The van der Waals surface area contributed by atoms with E-state index in [-0.39, 0.29) is 30.8 Å². The van der Waals surface area contributed by atoms with E-state index < -0.39 is 5.97 Å². The summed E-state index contributed by atoms with van der Waals surface area (Å²) < 4.78 is 1.80. The summed E-state index contributed by atoms with van der Waals surface area (Å²) in [5.41, 5.74) is 2.74. The zero-order valence-corrected chi connectivity index (χ0v) is 16.2. The number of amides is 1. The molecule has 0 radical (unpaired) electrons. The third-order valence-electron chi connectivity index (χ3n) is 4.50. The summed E-state index contributed by atoms with van der Waals surface area (Å²) in [6.07, 6.45) is 1.67. The highest BCUT2D eigenvalue weighted by Crippen LogP contribution is 2.26. The number of rotatable bonds is 7. The predicted octanol–water partition coefficient (Wildman–Crippen LogP) is 3.52. The Morgan fingerprint density at radius 3 is 2.54 bits per heavy atom. The number of nitrogens with zero attached hydrogens (tertiary/aromatic N) is 3. The lowest BCUT2D eigenvalue weighted by molar-refractivity contribution is -0.137. The first-order valence-electron chi connectivity index (χ1n) is 9.30. The minimum Gasteiger partial charge on any atom is -0.481 e. The molecule has 1 aromatic carbocycles. The highest BCUT2D eigenvalue weighted by Gasteiger charge is 2.19. The molecule has 0 saturated heterocycles. The number of nitrogens with one attached hydrogen (secondary N) is 1. The molecule has 0 fully saturated rings. The van der Waals surface area contributed by atoms with Crippen molar-refractivity contribution in [1.29, 1.82) is 0 Å². The van der Waals surface area contributed by atoms with E-state index in [1.165, 1.54) is 0 Å². The van der Waals surface area contributed by atoms with Gasteiger partial charge in [0.1, 0.15) is 0 Å². The smallest absolute Gasteiger partial charge is 0.303 e. The fourth-order valence-corrected chi connectivity index (χ4v) is 3.07. The van der Waals surface area contributed by atoms with Gasteiger partial charge in [0.25, 0.3) is 5.91 Å². The molecule has 0 bridgehead atoms. The lowest BCUT2D eigenvalue weighted by Crippen LogP contribution is -2.29. The molecule has 2 heterocycles. The van der Waals surface area contributed by atoms with Crippen molar-refractivity contribution in [1.82, 2.24) is 20.1 Å². The van der Waals surface area contributed by atoms with Crippen LogP contribution in [0.1, 0.15) is 43.6 Å². The van der Waals surface area contributed by atoms with Crippen LogP contribution >= 0.6 is 0 Å². The van der Waals surface area contributed by atoms with Gasteiger partial charge in [0.15, 0.2) is 5.65 Å². The average molecular weight is 380 g/mol. The van der Waals surface area contributed by atoms with Gasteiger partial charge in [-0.25, -0.2) is 9.67 Å². The van der Waals surface area contributed by atoms with Gasteiger partial charge >= 0.3 is 5.97 Å². The number of hydrogen-bond donors (Lipinski definition) is 2. The second kappa shape index (κ2) is 8.21. The highest BCUT2D eigenvalue weighted by molar-refractivity contribution is 6.06. The van der Waals surface area contributed by atoms with E-state index in [4.69, 9.17) is 10.1 Å². The Bertz CT molecular complexity index is 996. The van der Waals surface area contributed by atoms with Gasteiger partial charge in [0.2, 0.25) is 0 Å². The van der Waals surface area contributed by atoms with Crippen LogP contribution in [0.25, 0.3) is 22.3 Å². The van der Waals surface area contributed by atoms with Gasteiger partial charge in [0.05, 0.1) is 22.8 Å². The first-order valence-corrected chi connectivity index (χ1v) is 9.30. The third-order valence-corrected chi connectivity index (χ3v) is 4.50. The number of hydrogen-bond acceptors (Lipinski definition) is 4. The molecule has 2 aromatic heterocycles. The second-order valence-electron chi connectivity index (χ2n) is 7.25. The molecule has 3 aromatic rings. The number of carbonyl (C=O) groups excluding carboxylic acids is 1. The Morgan fingerprint density at radius 2 is 1.89 bits per heavy atom. The molecule has 2 N–H and O–H groups in total. The number of carboxylic acids is 1. The van der Waals surface area contributed by atoms with E-state index in [9.17, 15) is 9.59 Å². The monoisotopic (exact) mass is 380 g/mol. The van der Waals surface area contributed by atoms with Crippen molar-refractivity contribution in [2.24, 2.45) is 5.92 Å². The molecule has 1 atom stereocenters. The van der Waals surface area contributed by atoms with Crippen molar-refractivity contribution in [3.8, 4) is 11.3 Å². The predicted molar refractivity (Wildman–Crippen MR) is 107 cm³/mol. The third kappa shape index (κ3) is 4.19. The van der Waals surface area contributed by atoms with E-state index in [2.05, 4.69) is 10.4 Å². The number of carbonyl (C=O) groups is 2. The maximum absolute atomic E-state index is 12.9. The Balaban J connectivity index is 2.00. The molecule has 1 unspecified atom stereocenters. The minimum atomic E-state index is -0.877. The molecular formula is C21H24N4O3. The first-order chi connectivity index (χ1) is 13.4. The van der Waals surface area contributed by atoms with E-state index in [0.717, 1.165) is 5.56 Å². The molecule has 7 heteroatoms. The van der Waals surface area contributed by atoms with Gasteiger partial charge in [-0.2, -0.15) is 5.10 Å². The molecule has 0 saturated carbocycles. The molecule has 0 spiro atoms. The van der Waals surface area contributed by atoms with Crippen molar-refractivity contribution in [2.45, 2.75) is 33.2 Å². The summed E-state index contributed by atoms with van der Waals surface area (Å²) in [5, 5.41) is 16.8. The molecule has 0 aliphatic heterocycles. The van der Waals surface area contributed by atoms with E-state index in [0.29, 0.717) is 22.3 Å². The Hall–Kier alpha value is -3.22. The standard InChI is InChI=1S/C21H24N4O3/c1-13(2)25-20-17(12-23-25)16(21(28)22-11-14(3)9-19(26)27)10-18(24-20)15-7-5-4-6-8-15/h4-8,10,12-14H,9,11H2,1-3H3,(H,22,28)(H,26,27). The normalized spacial score (nSPS) is 12.3. The van der Waals surface area contributed by atoms with Crippen LogP contribution in [0.3, 0.4) is 0 Å². The summed E-state index contributed by atoms with van der Waals surface area (Å²) in [6, 6.07) is 11.5. The van der Waals surface area contributed by atoms with Crippen molar-refractivity contribution in [3.63, 3.8) is 0 Å². The number of pyridine rings is 1. The number of aromatic nitrogens is 3. The molecule has 146 valence electrons. The zero-order chi connectivity index (χ0) is 20.3. The van der Waals surface area contributed by atoms with Gasteiger partial charge < -0.3 is 10.4 Å². The van der Waals surface area contributed by atoms with Crippen molar-refractivity contribution < 1.29 is 14.7 Å². The summed E-state index contributed by atoms with van der Waals surface area (Å²) in [4.78, 5) is 28.5. The molecule has 0 aliphatic carbocycles. The SMILES string of the molecule is CC(CNC(=O)c1cc(-c2ccccc2)nc2c1cnn2C(C)C)CC(=O)O. The highest BCUT2D eigenvalue weighted by atomic mass is 16.4. The number of aliphatic carboxylic acids is 1. The van der Waals surface area contributed by atoms with Crippen LogP contribution in [-0.4, -0.2) is 38.3 Å². The fourth-order valence-electron chi connectivity index (χ4n) is 3.07. The maximum atomic E-state index is 12.9. The van der Waals surface area contributed by atoms with Gasteiger partial charge in [-0.05, 0) is 25.8 Å². The summed E-state index contributed by atoms with van der Waals surface area (Å²) in [6.45, 7) is 6.10. The number of benzene rings is 1. The quantitative estimate of drug-likeness (QED) is 0.654. The molecular weight excluding hydrogens is 356 g/mol. The van der Waals surface area contributed by atoms with Gasteiger partial charge in [-0.15, -0.1) is 0 Å². The van der Waals surface area contributed by atoms with Crippen molar-refractivity contribution in [3.05, 3.63) is 48.2 Å². The van der Waals surface area contributed by atoms with Gasteiger partial charge in [-0.3, -0.25) is 9.59 Å². The summed E-state index contributed by atoms with van der Waals surface area (Å²) in [7, 11) is 0. The molecule has 3 rings (SSSR count). The molecule has 0 aliphatic rings. The number of carboxylic acid groups (broad SMARTS) is 1. The maximum Gasteiger partial charge on any atom is 0.303 e. The van der Waals surface area contributed by atoms with Crippen LogP contribution in [0, 0.1) is 5.92 Å². The zero-order valence-electron chi connectivity index (χ0n) is 16.2. The van der Waals surface area contributed by atoms with E-state index in [1.807, 2.05) is 44.2 Å². The van der Waals surface area contributed by atoms with Crippen LogP contribution < -0.4 is 5.32 Å². The largest absolute Gasteiger partial charge is 0.481 e. The summed E-state index contributed by atoms with van der Waals surface area (Å²) >= 11 is 0. The van der Waals surface area contributed by atoms with Crippen LogP contribution in [0.15, 0.2) is 42.6 Å². The Labute approximate surface area is 163 Å². The topological polar surface area (TPSA) is 97.1 Å².